The highest BCUT2D eigenvalue weighted by Crippen LogP contribution is 2.22. The Balaban J connectivity index is 1.73. The Labute approximate surface area is 165 Å². The molecule has 1 aromatic heterocycles. The first-order valence-corrected chi connectivity index (χ1v) is 8.64. The molecule has 0 saturated carbocycles. The van der Waals surface area contributed by atoms with Crippen molar-refractivity contribution in [3.8, 4) is 0 Å². The molecule has 28 heavy (non-hydrogen) atoms. The van der Waals surface area contributed by atoms with E-state index in [1.165, 1.54) is 31.3 Å². The van der Waals surface area contributed by atoms with E-state index in [0.29, 0.717) is 22.6 Å². The molecule has 3 rings (SSSR count). The van der Waals surface area contributed by atoms with Crippen molar-refractivity contribution in [2.45, 2.75) is 6.92 Å². The van der Waals surface area contributed by atoms with Crippen molar-refractivity contribution in [1.82, 2.24) is 4.98 Å². The average Bonchev–Trinajstić information content (AvgIpc) is 2.65. The van der Waals surface area contributed by atoms with E-state index in [9.17, 15) is 14.0 Å². The first-order chi connectivity index (χ1) is 13.4. The van der Waals surface area contributed by atoms with Crippen LogP contribution in [-0.2, 0) is 4.79 Å². The van der Waals surface area contributed by atoms with Gasteiger partial charge in [-0.15, -0.1) is 0 Å². The van der Waals surface area contributed by atoms with Gasteiger partial charge in [-0.2, -0.15) is 0 Å². The Kier molecular flexibility index (Phi) is 5.86. The number of hydrogen-bond acceptors (Lipinski definition) is 4. The van der Waals surface area contributed by atoms with Gasteiger partial charge in [-0.25, -0.2) is 4.39 Å². The molecule has 2 aromatic carbocycles. The van der Waals surface area contributed by atoms with Gasteiger partial charge >= 0.3 is 0 Å². The number of aromatic nitrogens is 1. The number of pyridine rings is 1. The van der Waals surface area contributed by atoms with Crippen LogP contribution in [0.4, 0.5) is 27.1 Å². The summed E-state index contributed by atoms with van der Waals surface area (Å²) in [5.41, 5.74) is 2.63. The van der Waals surface area contributed by atoms with Gasteiger partial charge in [0.25, 0.3) is 5.91 Å². The van der Waals surface area contributed by atoms with Gasteiger partial charge in [-0.05, 0) is 42.5 Å². The summed E-state index contributed by atoms with van der Waals surface area (Å²) in [5.74, 6) is -1.14. The maximum atomic E-state index is 13.2. The SMILES string of the molecule is CC(=O)Nc1cccc(Nc2cncc(C(=O)Nc3ccc(F)c(Cl)c3)c2)c1. The molecule has 0 saturated heterocycles. The lowest BCUT2D eigenvalue weighted by Gasteiger charge is -2.10. The van der Waals surface area contributed by atoms with E-state index in [1.54, 1.807) is 30.5 Å². The molecule has 3 N–H and O–H groups in total. The number of nitrogens with zero attached hydrogens (tertiary/aromatic N) is 1. The van der Waals surface area contributed by atoms with Crippen LogP contribution in [0.3, 0.4) is 0 Å². The van der Waals surface area contributed by atoms with Gasteiger partial charge in [-0.3, -0.25) is 14.6 Å². The van der Waals surface area contributed by atoms with E-state index in [1.807, 2.05) is 6.07 Å². The standard InChI is InChI=1S/C20H16ClFN4O2/c1-12(27)24-14-3-2-4-15(8-14)25-17-7-13(10-23-11-17)20(28)26-16-5-6-19(22)18(21)9-16/h2-11,25H,1H3,(H,24,27)(H,26,28). The number of rotatable bonds is 5. The van der Waals surface area contributed by atoms with Crippen LogP contribution >= 0.6 is 11.6 Å². The normalized spacial score (nSPS) is 10.2. The summed E-state index contributed by atoms with van der Waals surface area (Å²) < 4.78 is 13.2. The average molecular weight is 399 g/mol. The highest BCUT2D eigenvalue weighted by atomic mass is 35.5. The highest BCUT2D eigenvalue weighted by molar-refractivity contribution is 6.31. The summed E-state index contributed by atoms with van der Waals surface area (Å²) in [5, 5.41) is 8.39. The van der Waals surface area contributed by atoms with Crippen LogP contribution in [0.25, 0.3) is 0 Å². The second-order valence-electron chi connectivity index (χ2n) is 5.93. The molecule has 6 nitrogen and oxygen atoms in total. The second-order valence-corrected chi connectivity index (χ2v) is 6.34. The molecule has 0 aliphatic carbocycles. The van der Waals surface area contributed by atoms with Crippen molar-refractivity contribution < 1.29 is 14.0 Å². The number of anilines is 4. The Morgan fingerprint density at radius 3 is 2.43 bits per heavy atom. The van der Waals surface area contributed by atoms with Crippen LogP contribution in [0, 0.1) is 5.82 Å². The minimum Gasteiger partial charge on any atom is -0.354 e. The van der Waals surface area contributed by atoms with Crippen LogP contribution in [0.1, 0.15) is 17.3 Å². The number of halogens is 2. The largest absolute Gasteiger partial charge is 0.354 e. The summed E-state index contributed by atoms with van der Waals surface area (Å²) in [6.07, 6.45) is 2.98. The molecule has 2 amide bonds. The molecule has 0 unspecified atom stereocenters. The minimum atomic E-state index is -0.561. The van der Waals surface area contributed by atoms with E-state index in [0.717, 1.165) is 5.69 Å². The van der Waals surface area contributed by atoms with Crippen LogP contribution in [0.5, 0.6) is 0 Å². The summed E-state index contributed by atoms with van der Waals surface area (Å²) in [4.78, 5) is 27.7. The zero-order valence-corrected chi connectivity index (χ0v) is 15.5. The van der Waals surface area contributed by atoms with Gasteiger partial charge in [-0.1, -0.05) is 17.7 Å². The maximum absolute atomic E-state index is 13.2. The van der Waals surface area contributed by atoms with Crippen LogP contribution in [-0.4, -0.2) is 16.8 Å². The lowest BCUT2D eigenvalue weighted by Crippen LogP contribution is -2.12. The molecule has 3 aromatic rings. The van der Waals surface area contributed by atoms with E-state index in [-0.39, 0.29) is 10.9 Å². The van der Waals surface area contributed by atoms with Crippen LogP contribution in [0.2, 0.25) is 5.02 Å². The molecule has 0 radical (unpaired) electrons. The van der Waals surface area contributed by atoms with Crippen molar-refractivity contribution in [1.29, 1.82) is 0 Å². The number of amides is 2. The van der Waals surface area contributed by atoms with E-state index < -0.39 is 11.7 Å². The van der Waals surface area contributed by atoms with E-state index >= 15 is 0 Å². The van der Waals surface area contributed by atoms with Gasteiger partial charge in [0.1, 0.15) is 5.82 Å². The predicted molar refractivity (Wildman–Crippen MR) is 108 cm³/mol. The molecule has 0 fully saturated rings. The molecule has 1 heterocycles. The molecular weight excluding hydrogens is 383 g/mol. The van der Waals surface area contributed by atoms with Crippen molar-refractivity contribution >= 4 is 46.2 Å². The molecule has 0 aliphatic rings. The number of benzene rings is 2. The Hall–Kier alpha value is -3.45. The molecule has 0 atom stereocenters. The number of nitrogens with one attached hydrogen (secondary N) is 3. The van der Waals surface area contributed by atoms with Gasteiger partial charge in [0, 0.05) is 30.2 Å². The quantitative estimate of drug-likeness (QED) is 0.575. The lowest BCUT2D eigenvalue weighted by atomic mass is 10.2. The van der Waals surface area contributed by atoms with Crippen LogP contribution < -0.4 is 16.0 Å². The molecule has 0 bridgehead atoms. The summed E-state index contributed by atoms with van der Waals surface area (Å²) in [6.45, 7) is 1.43. The third-order valence-corrected chi connectivity index (χ3v) is 3.94. The highest BCUT2D eigenvalue weighted by Gasteiger charge is 2.09. The summed E-state index contributed by atoms with van der Waals surface area (Å²) >= 11 is 5.73. The third-order valence-electron chi connectivity index (χ3n) is 3.65. The Morgan fingerprint density at radius 1 is 0.929 bits per heavy atom. The zero-order chi connectivity index (χ0) is 20.1. The lowest BCUT2D eigenvalue weighted by molar-refractivity contribution is -0.114. The molecule has 0 spiro atoms. The van der Waals surface area contributed by atoms with Gasteiger partial charge < -0.3 is 16.0 Å². The first kappa shape index (κ1) is 19.3. The van der Waals surface area contributed by atoms with Crippen molar-refractivity contribution in [2.75, 3.05) is 16.0 Å². The number of carbonyl (C=O) groups excluding carboxylic acids is 2. The van der Waals surface area contributed by atoms with Gasteiger partial charge in [0.15, 0.2) is 0 Å². The third kappa shape index (κ3) is 5.05. The molecular formula is C20H16ClFN4O2. The predicted octanol–water partition coefficient (Wildman–Crippen LogP) is 4.83. The molecule has 142 valence electrons. The van der Waals surface area contributed by atoms with Crippen LogP contribution in [0.15, 0.2) is 60.9 Å². The first-order valence-electron chi connectivity index (χ1n) is 8.27. The number of hydrogen-bond donors (Lipinski definition) is 3. The van der Waals surface area contributed by atoms with Crippen molar-refractivity contribution in [2.24, 2.45) is 0 Å². The van der Waals surface area contributed by atoms with Gasteiger partial charge in [0.2, 0.25) is 5.91 Å². The zero-order valence-electron chi connectivity index (χ0n) is 14.8. The van der Waals surface area contributed by atoms with Crippen molar-refractivity contribution in [3.05, 3.63) is 77.3 Å². The number of carbonyl (C=O) groups is 2. The fourth-order valence-corrected chi connectivity index (χ4v) is 2.63. The Morgan fingerprint density at radius 2 is 1.68 bits per heavy atom. The topological polar surface area (TPSA) is 83.1 Å². The summed E-state index contributed by atoms with van der Waals surface area (Å²) in [6, 6.07) is 12.7. The summed E-state index contributed by atoms with van der Waals surface area (Å²) in [7, 11) is 0. The second kappa shape index (κ2) is 8.49. The smallest absolute Gasteiger partial charge is 0.257 e. The maximum Gasteiger partial charge on any atom is 0.257 e. The Bertz CT molecular complexity index is 1040. The van der Waals surface area contributed by atoms with Gasteiger partial charge in [0.05, 0.1) is 22.5 Å². The minimum absolute atomic E-state index is 0.0783. The monoisotopic (exact) mass is 398 g/mol. The fourth-order valence-electron chi connectivity index (χ4n) is 2.45. The fraction of sp³-hybridized carbons (Fsp3) is 0.0500. The molecule has 0 aliphatic heterocycles. The van der Waals surface area contributed by atoms with Crippen molar-refractivity contribution in [3.63, 3.8) is 0 Å². The van der Waals surface area contributed by atoms with E-state index in [2.05, 4.69) is 20.9 Å². The molecule has 8 heteroatoms. The van der Waals surface area contributed by atoms with E-state index in [4.69, 9.17) is 11.6 Å².